The smallest absolute Gasteiger partial charge is 0.137 e. The van der Waals surface area contributed by atoms with Gasteiger partial charge < -0.3 is 5.73 Å². The molecule has 0 amide bonds. The van der Waals surface area contributed by atoms with Crippen LogP contribution in [0.4, 0.5) is 0 Å². The molecule has 2 N–H and O–H groups in total. The largest absolute Gasteiger partial charge is 0.329 e. The van der Waals surface area contributed by atoms with Gasteiger partial charge >= 0.3 is 0 Å². The number of hydrogen-bond acceptors (Lipinski definition) is 4. The Morgan fingerprint density at radius 2 is 2.07 bits per heavy atom. The van der Waals surface area contributed by atoms with Crippen LogP contribution in [0.3, 0.4) is 0 Å². The maximum atomic E-state index is 5.76. The normalized spacial score (nSPS) is 12.7. The molecule has 0 saturated carbocycles. The van der Waals surface area contributed by atoms with Gasteiger partial charge in [0.2, 0.25) is 0 Å². The molecular weight excluding hydrogens is 274 g/mol. The van der Waals surface area contributed by atoms with Gasteiger partial charge in [0.15, 0.2) is 0 Å². The highest BCUT2D eigenvalue weighted by molar-refractivity contribution is 9.11. The first kappa shape index (κ1) is 10.7. The second kappa shape index (κ2) is 4.83. The van der Waals surface area contributed by atoms with Gasteiger partial charge in [-0.1, -0.05) is 0 Å². The summed E-state index contributed by atoms with van der Waals surface area (Å²) in [7, 11) is 0. The highest BCUT2D eigenvalue weighted by Crippen LogP contribution is 2.30. The summed E-state index contributed by atoms with van der Waals surface area (Å²) < 4.78 is 1.10. The van der Waals surface area contributed by atoms with Crippen molar-refractivity contribution in [1.29, 1.82) is 0 Å². The van der Waals surface area contributed by atoms with Crippen molar-refractivity contribution in [3.8, 4) is 0 Å². The molecule has 2 heterocycles. The molecular formula is C10H10BrN3S. The van der Waals surface area contributed by atoms with Gasteiger partial charge in [0.05, 0.1) is 9.70 Å². The average molecular weight is 284 g/mol. The number of nitrogens with two attached hydrogens (primary N) is 1. The van der Waals surface area contributed by atoms with Crippen molar-refractivity contribution in [3.63, 3.8) is 0 Å². The fourth-order valence-corrected chi connectivity index (χ4v) is 2.89. The molecule has 0 saturated heterocycles. The van der Waals surface area contributed by atoms with Gasteiger partial charge in [-0.3, -0.25) is 0 Å². The van der Waals surface area contributed by atoms with E-state index in [0.29, 0.717) is 6.54 Å². The van der Waals surface area contributed by atoms with Crippen molar-refractivity contribution in [2.75, 3.05) is 6.54 Å². The summed E-state index contributed by atoms with van der Waals surface area (Å²) in [6, 6.07) is 5.88. The Hall–Kier alpha value is -0.780. The fourth-order valence-electron chi connectivity index (χ4n) is 1.35. The molecule has 2 rings (SSSR count). The van der Waals surface area contributed by atoms with E-state index in [4.69, 9.17) is 5.73 Å². The topological polar surface area (TPSA) is 51.8 Å². The van der Waals surface area contributed by atoms with Crippen LogP contribution in [-0.2, 0) is 0 Å². The van der Waals surface area contributed by atoms with Gasteiger partial charge in [0.1, 0.15) is 5.82 Å². The van der Waals surface area contributed by atoms with Gasteiger partial charge in [-0.25, -0.2) is 9.97 Å². The van der Waals surface area contributed by atoms with Gasteiger partial charge in [-0.05, 0) is 34.1 Å². The van der Waals surface area contributed by atoms with Crippen LogP contribution in [0, 0.1) is 0 Å². The van der Waals surface area contributed by atoms with Crippen molar-refractivity contribution in [1.82, 2.24) is 9.97 Å². The monoisotopic (exact) mass is 283 g/mol. The zero-order valence-electron chi connectivity index (χ0n) is 7.93. The fraction of sp³-hybridized carbons (Fsp3) is 0.200. The molecule has 5 heteroatoms. The third-order valence-corrected chi connectivity index (χ3v) is 3.81. The van der Waals surface area contributed by atoms with Crippen LogP contribution >= 0.6 is 27.3 Å². The second-order valence-electron chi connectivity index (χ2n) is 3.04. The molecule has 0 radical (unpaired) electrons. The number of hydrogen-bond donors (Lipinski definition) is 1. The second-order valence-corrected chi connectivity index (χ2v) is 5.53. The summed E-state index contributed by atoms with van der Waals surface area (Å²) >= 11 is 5.11. The predicted octanol–water partition coefficient (Wildman–Crippen LogP) is 2.39. The first-order valence-corrected chi connectivity index (χ1v) is 6.14. The van der Waals surface area contributed by atoms with E-state index in [1.807, 2.05) is 6.07 Å². The molecule has 0 bridgehead atoms. The van der Waals surface area contributed by atoms with Crippen LogP contribution in [-0.4, -0.2) is 16.5 Å². The van der Waals surface area contributed by atoms with E-state index < -0.39 is 0 Å². The minimum Gasteiger partial charge on any atom is -0.329 e. The zero-order valence-corrected chi connectivity index (χ0v) is 10.3. The van der Waals surface area contributed by atoms with Crippen LogP contribution in [0.15, 0.2) is 34.4 Å². The minimum absolute atomic E-state index is 0.0995. The highest BCUT2D eigenvalue weighted by atomic mass is 79.9. The van der Waals surface area contributed by atoms with E-state index >= 15 is 0 Å². The van der Waals surface area contributed by atoms with Crippen LogP contribution in [0.5, 0.6) is 0 Å². The third kappa shape index (κ3) is 2.42. The molecule has 0 aliphatic heterocycles. The van der Waals surface area contributed by atoms with E-state index in [1.54, 1.807) is 29.8 Å². The first-order chi connectivity index (χ1) is 7.31. The number of rotatable bonds is 3. The Kier molecular flexibility index (Phi) is 3.45. The maximum Gasteiger partial charge on any atom is 0.137 e. The Bertz CT molecular complexity index is 429. The summed E-state index contributed by atoms with van der Waals surface area (Å²) in [5.41, 5.74) is 5.76. The number of thiophene rings is 1. The summed E-state index contributed by atoms with van der Waals surface area (Å²) in [5, 5.41) is 0. The molecule has 0 spiro atoms. The lowest BCUT2D eigenvalue weighted by Gasteiger charge is -2.10. The minimum atomic E-state index is 0.0995. The molecule has 1 atom stereocenters. The van der Waals surface area contributed by atoms with Crippen molar-refractivity contribution >= 4 is 27.3 Å². The Morgan fingerprint density at radius 1 is 1.33 bits per heavy atom. The molecule has 78 valence electrons. The van der Waals surface area contributed by atoms with Crippen molar-refractivity contribution in [2.45, 2.75) is 5.92 Å². The number of nitrogens with zero attached hydrogens (tertiary/aromatic N) is 2. The predicted molar refractivity (Wildman–Crippen MR) is 64.9 cm³/mol. The summed E-state index contributed by atoms with van der Waals surface area (Å²) in [6.07, 6.45) is 3.49. The molecule has 2 aromatic heterocycles. The Morgan fingerprint density at radius 3 is 2.60 bits per heavy atom. The van der Waals surface area contributed by atoms with E-state index in [9.17, 15) is 0 Å². The molecule has 0 aliphatic carbocycles. The van der Waals surface area contributed by atoms with E-state index in [0.717, 1.165) is 9.61 Å². The molecule has 3 nitrogen and oxygen atoms in total. The highest BCUT2D eigenvalue weighted by Gasteiger charge is 2.16. The van der Waals surface area contributed by atoms with Gasteiger partial charge in [0.25, 0.3) is 0 Å². The van der Waals surface area contributed by atoms with E-state index in [-0.39, 0.29) is 5.92 Å². The summed E-state index contributed by atoms with van der Waals surface area (Å²) in [5.74, 6) is 0.886. The quantitative estimate of drug-likeness (QED) is 0.941. The molecule has 15 heavy (non-hydrogen) atoms. The zero-order chi connectivity index (χ0) is 10.7. The van der Waals surface area contributed by atoms with Gasteiger partial charge in [-0.15, -0.1) is 11.3 Å². The summed E-state index contributed by atoms with van der Waals surface area (Å²) in [6.45, 7) is 0.525. The van der Waals surface area contributed by atoms with Crippen molar-refractivity contribution in [2.24, 2.45) is 5.73 Å². The van der Waals surface area contributed by atoms with Gasteiger partial charge in [-0.2, -0.15) is 0 Å². The lowest BCUT2D eigenvalue weighted by Crippen LogP contribution is -2.15. The molecule has 0 fully saturated rings. The van der Waals surface area contributed by atoms with Crippen molar-refractivity contribution in [3.05, 3.63) is 45.1 Å². The molecule has 1 unspecified atom stereocenters. The Balaban J connectivity index is 2.33. The van der Waals surface area contributed by atoms with Crippen LogP contribution in [0.1, 0.15) is 16.6 Å². The van der Waals surface area contributed by atoms with Gasteiger partial charge in [0, 0.05) is 23.8 Å². The number of halogens is 1. The standard InChI is InChI=1S/C10H10BrN3S/c11-9-3-2-8(15-9)7(6-12)10-13-4-1-5-14-10/h1-5,7H,6,12H2. The van der Waals surface area contributed by atoms with Crippen LogP contribution in [0.25, 0.3) is 0 Å². The maximum absolute atomic E-state index is 5.76. The van der Waals surface area contributed by atoms with Crippen molar-refractivity contribution < 1.29 is 0 Å². The number of aromatic nitrogens is 2. The first-order valence-electron chi connectivity index (χ1n) is 4.53. The lowest BCUT2D eigenvalue weighted by molar-refractivity contribution is 0.762. The lowest BCUT2D eigenvalue weighted by atomic mass is 10.1. The SMILES string of the molecule is NCC(c1ncccn1)c1ccc(Br)s1. The third-order valence-electron chi connectivity index (χ3n) is 2.07. The Labute approximate surface area is 101 Å². The van der Waals surface area contributed by atoms with E-state index in [1.165, 1.54) is 4.88 Å². The average Bonchev–Trinajstić information content (AvgIpc) is 2.68. The molecule has 2 aromatic rings. The van der Waals surface area contributed by atoms with E-state index in [2.05, 4.69) is 32.0 Å². The molecule has 0 aliphatic rings. The van der Waals surface area contributed by atoms with Crippen LogP contribution in [0.2, 0.25) is 0 Å². The summed E-state index contributed by atoms with van der Waals surface area (Å²) in [4.78, 5) is 9.66. The molecule has 0 aromatic carbocycles. The van der Waals surface area contributed by atoms with Crippen LogP contribution < -0.4 is 5.73 Å².